The van der Waals surface area contributed by atoms with Crippen molar-refractivity contribution in [3.8, 4) is 0 Å². The third kappa shape index (κ3) is 7.20. The van der Waals surface area contributed by atoms with Crippen LogP contribution in [0.25, 0.3) is 0 Å². The van der Waals surface area contributed by atoms with Crippen molar-refractivity contribution in [2.75, 3.05) is 0 Å². The summed E-state index contributed by atoms with van der Waals surface area (Å²) in [6.07, 6.45) is 20.4. The Kier molecular flexibility index (Phi) is 7.79. The summed E-state index contributed by atoms with van der Waals surface area (Å²) in [4.78, 5) is 0. The molecular weight excluding hydrogens is 204 g/mol. The lowest BCUT2D eigenvalue weighted by atomic mass is 9.99. The summed E-state index contributed by atoms with van der Waals surface area (Å²) in [6, 6.07) is 0. The zero-order valence-corrected chi connectivity index (χ0v) is 11.5. The molecule has 1 rings (SSSR count). The van der Waals surface area contributed by atoms with Gasteiger partial charge in [-0.15, -0.1) is 0 Å². The predicted molar refractivity (Wildman–Crippen MR) is 78.2 cm³/mol. The van der Waals surface area contributed by atoms with Crippen LogP contribution < -0.4 is 0 Å². The molecule has 0 N–H and O–H groups in total. The Morgan fingerprint density at radius 1 is 0.941 bits per heavy atom. The second-order valence-corrected chi connectivity index (χ2v) is 5.27. The van der Waals surface area contributed by atoms with Gasteiger partial charge in [0, 0.05) is 0 Å². The molecule has 0 unspecified atom stereocenters. The SMILES string of the molecule is C=C(C)/C1=C/C=C/CCCCCCCCCC1. The first-order valence-electron chi connectivity index (χ1n) is 7.32. The number of hydrogen-bond donors (Lipinski definition) is 0. The first kappa shape index (κ1) is 14.3. The van der Waals surface area contributed by atoms with Gasteiger partial charge in [-0.3, -0.25) is 0 Å². The second kappa shape index (κ2) is 9.27. The maximum atomic E-state index is 4.08. The van der Waals surface area contributed by atoms with Crippen molar-refractivity contribution in [3.63, 3.8) is 0 Å². The number of rotatable bonds is 1. The Bertz CT molecular complexity index is 268. The predicted octanol–water partition coefficient (Wildman–Crippen LogP) is 5.96. The van der Waals surface area contributed by atoms with Gasteiger partial charge < -0.3 is 0 Å². The summed E-state index contributed by atoms with van der Waals surface area (Å²) in [6.45, 7) is 6.21. The van der Waals surface area contributed by atoms with Gasteiger partial charge in [0.1, 0.15) is 0 Å². The molecule has 0 aromatic carbocycles. The van der Waals surface area contributed by atoms with E-state index in [1.807, 2.05) is 0 Å². The van der Waals surface area contributed by atoms with E-state index in [4.69, 9.17) is 0 Å². The van der Waals surface area contributed by atoms with Gasteiger partial charge >= 0.3 is 0 Å². The van der Waals surface area contributed by atoms with E-state index < -0.39 is 0 Å². The molecule has 0 atom stereocenters. The fraction of sp³-hybridized carbons (Fsp3) is 0.647. The average molecular weight is 232 g/mol. The Morgan fingerprint density at radius 2 is 1.53 bits per heavy atom. The third-order valence-corrected chi connectivity index (χ3v) is 3.55. The quantitative estimate of drug-likeness (QED) is 0.523. The fourth-order valence-electron chi connectivity index (χ4n) is 2.36. The first-order chi connectivity index (χ1) is 8.30. The minimum Gasteiger partial charge on any atom is -0.0958 e. The van der Waals surface area contributed by atoms with Crippen molar-refractivity contribution < 1.29 is 0 Å². The topological polar surface area (TPSA) is 0 Å². The van der Waals surface area contributed by atoms with E-state index in [0.29, 0.717) is 0 Å². The van der Waals surface area contributed by atoms with Gasteiger partial charge in [-0.2, -0.15) is 0 Å². The molecule has 0 bridgehead atoms. The lowest BCUT2D eigenvalue weighted by Gasteiger charge is -2.07. The summed E-state index contributed by atoms with van der Waals surface area (Å²) < 4.78 is 0. The zero-order valence-electron chi connectivity index (χ0n) is 11.5. The molecule has 0 spiro atoms. The van der Waals surface area contributed by atoms with E-state index in [1.54, 1.807) is 0 Å². The third-order valence-electron chi connectivity index (χ3n) is 3.55. The van der Waals surface area contributed by atoms with Crippen molar-refractivity contribution in [2.24, 2.45) is 0 Å². The van der Waals surface area contributed by atoms with Crippen LogP contribution in [0.5, 0.6) is 0 Å². The van der Waals surface area contributed by atoms with E-state index in [0.717, 1.165) is 0 Å². The summed E-state index contributed by atoms with van der Waals surface area (Å²) in [5, 5.41) is 0. The minimum absolute atomic E-state index is 1.21. The largest absolute Gasteiger partial charge is 0.0958 e. The van der Waals surface area contributed by atoms with Gasteiger partial charge in [-0.05, 0) is 38.2 Å². The van der Waals surface area contributed by atoms with Crippen molar-refractivity contribution in [2.45, 2.75) is 71.1 Å². The Morgan fingerprint density at radius 3 is 2.18 bits per heavy atom. The van der Waals surface area contributed by atoms with Crippen LogP contribution in [0.3, 0.4) is 0 Å². The van der Waals surface area contributed by atoms with E-state index in [2.05, 4.69) is 31.7 Å². The Balaban J connectivity index is 2.48. The molecule has 0 radical (unpaired) electrons. The fourth-order valence-corrected chi connectivity index (χ4v) is 2.36. The summed E-state index contributed by atoms with van der Waals surface area (Å²) >= 11 is 0. The molecule has 0 aromatic heterocycles. The standard InChI is InChI=1S/C17H28/c1-16(2)17-14-12-10-8-6-4-3-5-7-9-11-13-15-17/h10,12,14H,1,3-9,11,13,15H2,2H3/b12-10+,17-14+. The average Bonchev–Trinajstić information content (AvgIpc) is 2.31. The van der Waals surface area contributed by atoms with Gasteiger partial charge in [-0.1, -0.05) is 68.9 Å². The highest BCUT2D eigenvalue weighted by Gasteiger charge is 1.98. The van der Waals surface area contributed by atoms with Crippen molar-refractivity contribution in [1.29, 1.82) is 0 Å². The molecule has 1 aliphatic rings. The molecule has 17 heavy (non-hydrogen) atoms. The summed E-state index contributed by atoms with van der Waals surface area (Å²) in [7, 11) is 0. The van der Waals surface area contributed by atoms with E-state index in [-0.39, 0.29) is 0 Å². The van der Waals surface area contributed by atoms with Gasteiger partial charge in [0.15, 0.2) is 0 Å². The van der Waals surface area contributed by atoms with Gasteiger partial charge in [0.25, 0.3) is 0 Å². The second-order valence-electron chi connectivity index (χ2n) is 5.27. The van der Waals surface area contributed by atoms with Gasteiger partial charge in [-0.25, -0.2) is 0 Å². The highest BCUT2D eigenvalue weighted by Crippen LogP contribution is 2.18. The van der Waals surface area contributed by atoms with Crippen LogP contribution in [0.1, 0.15) is 71.1 Å². The maximum Gasteiger partial charge on any atom is -0.0276 e. The molecular formula is C17H28. The molecule has 0 aliphatic heterocycles. The van der Waals surface area contributed by atoms with Crippen LogP contribution in [-0.2, 0) is 0 Å². The first-order valence-corrected chi connectivity index (χ1v) is 7.32. The van der Waals surface area contributed by atoms with Crippen LogP contribution >= 0.6 is 0 Å². The van der Waals surface area contributed by atoms with Gasteiger partial charge in [0.2, 0.25) is 0 Å². The van der Waals surface area contributed by atoms with Crippen LogP contribution in [0.2, 0.25) is 0 Å². The summed E-state index contributed by atoms with van der Waals surface area (Å²) in [5.41, 5.74) is 2.68. The van der Waals surface area contributed by atoms with E-state index >= 15 is 0 Å². The van der Waals surface area contributed by atoms with Crippen molar-refractivity contribution in [1.82, 2.24) is 0 Å². The van der Waals surface area contributed by atoms with Gasteiger partial charge in [0.05, 0.1) is 0 Å². The van der Waals surface area contributed by atoms with Crippen LogP contribution in [0.4, 0.5) is 0 Å². The van der Waals surface area contributed by atoms with E-state index in [9.17, 15) is 0 Å². The molecule has 0 amide bonds. The minimum atomic E-state index is 1.21. The monoisotopic (exact) mass is 232 g/mol. The zero-order chi connectivity index (χ0) is 12.3. The molecule has 0 heterocycles. The highest BCUT2D eigenvalue weighted by molar-refractivity contribution is 5.29. The Labute approximate surface area is 108 Å². The van der Waals surface area contributed by atoms with Crippen LogP contribution in [0.15, 0.2) is 36.0 Å². The van der Waals surface area contributed by atoms with E-state index in [1.165, 1.54) is 75.4 Å². The molecule has 1 aliphatic carbocycles. The van der Waals surface area contributed by atoms with Crippen molar-refractivity contribution in [3.05, 3.63) is 36.0 Å². The summed E-state index contributed by atoms with van der Waals surface area (Å²) in [5.74, 6) is 0. The molecule has 0 saturated carbocycles. The highest BCUT2D eigenvalue weighted by atomic mass is 14.0. The number of allylic oxidation sites excluding steroid dienone is 5. The molecule has 0 heteroatoms. The maximum absolute atomic E-state index is 4.08. The lowest BCUT2D eigenvalue weighted by Crippen LogP contribution is -1.87. The molecule has 96 valence electrons. The molecule has 0 saturated heterocycles. The molecule has 0 aromatic rings. The molecule has 0 fully saturated rings. The van der Waals surface area contributed by atoms with Crippen LogP contribution in [-0.4, -0.2) is 0 Å². The lowest BCUT2D eigenvalue weighted by molar-refractivity contribution is 0.568. The van der Waals surface area contributed by atoms with Crippen LogP contribution in [0, 0.1) is 0 Å². The smallest absolute Gasteiger partial charge is 0.0276 e. The Hall–Kier alpha value is -0.780. The normalized spacial score (nSPS) is 25.4. The number of hydrogen-bond acceptors (Lipinski definition) is 0. The molecule has 0 nitrogen and oxygen atoms in total. The van der Waals surface area contributed by atoms with Crippen molar-refractivity contribution >= 4 is 0 Å².